The first kappa shape index (κ1) is 15.8. The van der Waals surface area contributed by atoms with Crippen LogP contribution in [-0.2, 0) is 11.3 Å². The molecule has 0 spiro atoms. The Morgan fingerprint density at radius 1 is 1.36 bits per heavy atom. The molecule has 1 aromatic heterocycles. The van der Waals surface area contributed by atoms with Gasteiger partial charge in [-0.3, -0.25) is 9.59 Å². The van der Waals surface area contributed by atoms with Gasteiger partial charge in [-0.1, -0.05) is 19.1 Å². The van der Waals surface area contributed by atoms with Gasteiger partial charge in [0, 0.05) is 24.7 Å². The van der Waals surface area contributed by atoms with Crippen molar-refractivity contribution in [2.75, 3.05) is 13.2 Å². The van der Waals surface area contributed by atoms with E-state index in [4.69, 9.17) is 4.74 Å². The lowest BCUT2D eigenvalue weighted by molar-refractivity contribution is -0.123. The third-order valence-corrected chi connectivity index (χ3v) is 3.24. The van der Waals surface area contributed by atoms with Gasteiger partial charge in [-0.25, -0.2) is 0 Å². The number of aromatic nitrogens is 1. The molecule has 0 atom stereocenters. The summed E-state index contributed by atoms with van der Waals surface area (Å²) in [6.07, 6.45) is 4.25. The van der Waals surface area contributed by atoms with E-state index >= 15 is 0 Å². The largest absolute Gasteiger partial charge is 0.483 e. The number of allylic oxidation sites excluding steroid dienone is 1. The van der Waals surface area contributed by atoms with Crippen LogP contribution in [0, 0.1) is 0 Å². The molecule has 0 aliphatic heterocycles. The summed E-state index contributed by atoms with van der Waals surface area (Å²) in [5, 5.41) is 4.02. The molecule has 0 aliphatic carbocycles. The van der Waals surface area contributed by atoms with Crippen molar-refractivity contribution in [2.45, 2.75) is 19.9 Å². The zero-order valence-corrected chi connectivity index (χ0v) is 12.7. The molecule has 0 saturated carbocycles. The number of fused-ring (bicyclic) bond motifs is 1. The quantitative estimate of drug-likeness (QED) is 0.797. The average molecular weight is 300 g/mol. The van der Waals surface area contributed by atoms with Gasteiger partial charge in [0.1, 0.15) is 5.75 Å². The molecule has 1 amide bonds. The molecule has 0 aliphatic rings. The Morgan fingerprint density at radius 2 is 2.18 bits per heavy atom. The first-order chi connectivity index (χ1) is 10.7. The standard InChI is InChI=1S/C17H20N2O3/c1-3-9-18-16(20)12-22-15-7-5-6-14-13(15)8-11-19(10-4-2)17(14)21/h4-8,11H,2-3,9-10,12H2,1H3,(H,18,20). The number of ether oxygens (including phenoxy) is 1. The molecule has 5 nitrogen and oxygen atoms in total. The van der Waals surface area contributed by atoms with Gasteiger partial charge in [-0.05, 0) is 24.6 Å². The third-order valence-electron chi connectivity index (χ3n) is 3.24. The maximum Gasteiger partial charge on any atom is 0.258 e. The van der Waals surface area contributed by atoms with Gasteiger partial charge in [-0.2, -0.15) is 0 Å². The first-order valence-corrected chi connectivity index (χ1v) is 7.30. The maximum atomic E-state index is 12.3. The van der Waals surface area contributed by atoms with Crippen LogP contribution in [0.4, 0.5) is 0 Å². The van der Waals surface area contributed by atoms with Crippen molar-refractivity contribution >= 4 is 16.7 Å². The van der Waals surface area contributed by atoms with Crippen LogP contribution in [0.1, 0.15) is 13.3 Å². The molecule has 1 aromatic carbocycles. The van der Waals surface area contributed by atoms with Crippen molar-refractivity contribution in [3.63, 3.8) is 0 Å². The molecular weight excluding hydrogens is 280 g/mol. The summed E-state index contributed by atoms with van der Waals surface area (Å²) in [5.41, 5.74) is -0.0988. The number of pyridine rings is 1. The Labute approximate surface area is 129 Å². The molecule has 22 heavy (non-hydrogen) atoms. The number of nitrogens with zero attached hydrogens (tertiary/aromatic N) is 1. The van der Waals surface area contributed by atoms with Gasteiger partial charge in [0.15, 0.2) is 6.61 Å². The van der Waals surface area contributed by atoms with Gasteiger partial charge in [0.2, 0.25) is 0 Å². The average Bonchev–Trinajstić information content (AvgIpc) is 2.53. The third kappa shape index (κ3) is 3.55. The summed E-state index contributed by atoms with van der Waals surface area (Å²) in [4.78, 5) is 23.9. The molecule has 2 rings (SSSR count). The van der Waals surface area contributed by atoms with Crippen LogP contribution in [-0.4, -0.2) is 23.6 Å². The number of carbonyl (C=O) groups is 1. The van der Waals surface area contributed by atoms with Crippen LogP contribution >= 0.6 is 0 Å². The number of carbonyl (C=O) groups excluding carboxylic acids is 1. The lowest BCUT2D eigenvalue weighted by Gasteiger charge is -2.10. The highest BCUT2D eigenvalue weighted by atomic mass is 16.5. The summed E-state index contributed by atoms with van der Waals surface area (Å²) in [6, 6.07) is 7.08. The summed E-state index contributed by atoms with van der Waals surface area (Å²) < 4.78 is 7.13. The fourth-order valence-electron chi connectivity index (χ4n) is 2.16. The van der Waals surface area contributed by atoms with E-state index in [2.05, 4.69) is 11.9 Å². The predicted octanol–water partition coefficient (Wildman–Crippen LogP) is 2.09. The van der Waals surface area contributed by atoms with Crippen LogP contribution in [0.15, 0.2) is 47.9 Å². The summed E-state index contributed by atoms with van der Waals surface area (Å²) in [7, 11) is 0. The number of hydrogen-bond donors (Lipinski definition) is 1. The highest BCUT2D eigenvalue weighted by Gasteiger charge is 2.08. The Kier molecular flexibility index (Phi) is 5.36. The van der Waals surface area contributed by atoms with Crippen molar-refractivity contribution < 1.29 is 9.53 Å². The molecule has 0 fully saturated rings. The molecule has 0 bridgehead atoms. The predicted molar refractivity (Wildman–Crippen MR) is 87.2 cm³/mol. The smallest absolute Gasteiger partial charge is 0.258 e. The van der Waals surface area contributed by atoms with Gasteiger partial charge < -0.3 is 14.6 Å². The van der Waals surface area contributed by atoms with E-state index in [1.54, 1.807) is 35.0 Å². The number of amides is 1. The van der Waals surface area contributed by atoms with E-state index in [0.717, 1.165) is 6.42 Å². The normalized spacial score (nSPS) is 10.4. The van der Waals surface area contributed by atoms with Crippen LogP contribution in [0.2, 0.25) is 0 Å². The van der Waals surface area contributed by atoms with E-state index in [1.807, 2.05) is 13.0 Å². The second kappa shape index (κ2) is 7.45. The minimum atomic E-state index is -0.168. The Bertz CT molecular complexity index is 734. The topological polar surface area (TPSA) is 60.3 Å². The monoisotopic (exact) mass is 300 g/mol. The molecule has 5 heteroatoms. The SMILES string of the molecule is C=CCn1ccc2c(OCC(=O)NCCC)cccc2c1=O. The van der Waals surface area contributed by atoms with Crippen molar-refractivity contribution in [3.8, 4) is 5.75 Å². The molecule has 1 heterocycles. The highest BCUT2D eigenvalue weighted by Crippen LogP contribution is 2.22. The molecular formula is C17H20N2O3. The van der Waals surface area contributed by atoms with E-state index < -0.39 is 0 Å². The van der Waals surface area contributed by atoms with E-state index in [0.29, 0.717) is 29.6 Å². The summed E-state index contributed by atoms with van der Waals surface area (Å²) in [5.74, 6) is 0.367. The van der Waals surface area contributed by atoms with Gasteiger partial charge >= 0.3 is 0 Å². The molecule has 0 unspecified atom stereocenters. The number of hydrogen-bond acceptors (Lipinski definition) is 3. The highest BCUT2D eigenvalue weighted by molar-refractivity contribution is 5.88. The minimum absolute atomic E-state index is 0.0607. The van der Waals surface area contributed by atoms with Gasteiger partial charge in [0.25, 0.3) is 11.5 Å². The summed E-state index contributed by atoms with van der Waals surface area (Å²) in [6.45, 7) is 6.65. The number of benzene rings is 1. The lowest BCUT2D eigenvalue weighted by Crippen LogP contribution is -2.29. The minimum Gasteiger partial charge on any atom is -0.483 e. The maximum absolute atomic E-state index is 12.3. The van der Waals surface area contributed by atoms with E-state index in [1.165, 1.54) is 0 Å². The fraction of sp³-hybridized carbons (Fsp3) is 0.294. The van der Waals surface area contributed by atoms with Crippen molar-refractivity contribution in [3.05, 3.63) is 53.5 Å². The molecule has 2 aromatic rings. The summed E-state index contributed by atoms with van der Waals surface area (Å²) >= 11 is 0. The Morgan fingerprint density at radius 3 is 2.91 bits per heavy atom. The van der Waals surface area contributed by atoms with Crippen LogP contribution < -0.4 is 15.6 Å². The van der Waals surface area contributed by atoms with Gasteiger partial charge in [-0.15, -0.1) is 6.58 Å². The van der Waals surface area contributed by atoms with Gasteiger partial charge in [0.05, 0.1) is 5.39 Å². The molecule has 0 radical (unpaired) electrons. The van der Waals surface area contributed by atoms with Crippen molar-refractivity contribution in [2.24, 2.45) is 0 Å². The van der Waals surface area contributed by atoms with Crippen LogP contribution in [0.3, 0.4) is 0 Å². The second-order valence-corrected chi connectivity index (χ2v) is 4.92. The van der Waals surface area contributed by atoms with Crippen LogP contribution in [0.5, 0.6) is 5.75 Å². The molecule has 116 valence electrons. The van der Waals surface area contributed by atoms with Crippen molar-refractivity contribution in [1.82, 2.24) is 9.88 Å². The Hall–Kier alpha value is -2.56. The van der Waals surface area contributed by atoms with E-state index in [9.17, 15) is 9.59 Å². The Balaban J connectivity index is 2.24. The fourth-order valence-corrected chi connectivity index (χ4v) is 2.16. The number of nitrogens with one attached hydrogen (secondary N) is 1. The molecule has 0 saturated heterocycles. The molecule has 1 N–H and O–H groups in total. The zero-order valence-electron chi connectivity index (χ0n) is 12.7. The zero-order chi connectivity index (χ0) is 15.9. The van der Waals surface area contributed by atoms with Crippen LogP contribution in [0.25, 0.3) is 10.8 Å². The number of rotatable bonds is 7. The van der Waals surface area contributed by atoms with E-state index in [-0.39, 0.29) is 18.1 Å². The lowest BCUT2D eigenvalue weighted by atomic mass is 10.1. The van der Waals surface area contributed by atoms with Crippen molar-refractivity contribution in [1.29, 1.82) is 0 Å². The first-order valence-electron chi connectivity index (χ1n) is 7.30. The second-order valence-electron chi connectivity index (χ2n) is 4.92.